The monoisotopic (exact) mass is 350 g/mol. The van der Waals surface area contributed by atoms with Gasteiger partial charge in [0, 0.05) is 5.41 Å². The summed E-state index contributed by atoms with van der Waals surface area (Å²) in [4.78, 5) is 0. The summed E-state index contributed by atoms with van der Waals surface area (Å²) in [5, 5.41) is 19.8. The molecule has 0 radical (unpaired) electrons. The van der Waals surface area contributed by atoms with E-state index < -0.39 is 13.7 Å². The normalized spacial score (nSPS) is 13.6. The van der Waals surface area contributed by atoms with Crippen molar-refractivity contribution in [3.8, 4) is 0 Å². The van der Waals surface area contributed by atoms with E-state index in [-0.39, 0.29) is 18.3 Å². The lowest BCUT2D eigenvalue weighted by atomic mass is 9.80. The number of rotatable bonds is 9. The van der Waals surface area contributed by atoms with Gasteiger partial charge in [0.05, 0.1) is 19.8 Å². The molecule has 0 aromatic heterocycles. The molecule has 1 aromatic carbocycles. The Hall–Kier alpha value is -0.943. The fourth-order valence-electron chi connectivity index (χ4n) is 2.27. The van der Waals surface area contributed by atoms with Crippen LogP contribution in [0.4, 0.5) is 0 Å². The van der Waals surface area contributed by atoms with Crippen LogP contribution < -0.4 is 0 Å². The lowest BCUT2D eigenvalue weighted by Gasteiger charge is -2.35. The van der Waals surface area contributed by atoms with Crippen LogP contribution in [0, 0.1) is 5.41 Å². The molecule has 0 fully saturated rings. The molecule has 0 saturated heterocycles. The van der Waals surface area contributed by atoms with E-state index in [0.717, 1.165) is 5.56 Å². The first-order valence-corrected chi connectivity index (χ1v) is 11.6. The quantitative estimate of drug-likeness (QED) is 0.519. The highest BCUT2D eigenvalue weighted by Crippen LogP contribution is 2.36. The molecule has 0 amide bonds. The highest BCUT2D eigenvalue weighted by atomic mass is 28.4. The molecule has 0 heterocycles. The minimum atomic E-state index is -1.73. The van der Waals surface area contributed by atoms with Gasteiger partial charge in [0.1, 0.15) is 0 Å². The molecule has 136 valence electrons. The standard InChI is InChI=1S/C20H34O3Si/c1-19(2,3)24(4,5)23-14-10-9-13-20(16-21,17-22)15-18-11-7-6-8-12-18/h6-12,21-22H,13-17H2,1-5H3/b10-9+. The molecule has 1 aromatic rings. The summed E-state index contributed by atoms with van der Waals surface area (Å²) >= 11 is 0. The van der Waals surface area contributed by atoms with Crippen LogP contribution >= 0.6 is 0 Å². The van der Waals surface area contributed by atoms with Crippen LogP contribution in [-0.4, -0.2) is 38.4 Å². The third-order valence-corrected chi connectivity index (χ3v) is 9.66. The molecule has 0 unspecified atom stereocenters. The first-order valence-electron chi connectivity index (χ1n) is 8.70. The first-order chi connectivity index (χ1) is 11.2. The van der Waals surface area contributed by atoms with Gasteiger partial charge in [0.2, 0.25) is 0 Å². The smallest absolute Gasteiger partial charge is 0.192 e. The molecule has 0 spiro atoms. The van der Waals surface area contributed by atoms with Gasteiger partial charge >= 0.3 is 0 Å². The molecule has 0 saturated carbocycles. The predicted octanol–water partition coefficient (Wildman–Crippen LogP) is 4.17. The zero-order chi connectivity index (χ0) is 18.3. The number of hydrogen-bond donors (Lipinski definition) is 2. The molecule has 1 rings (SSSR count). The summed E-state index contributed by atoms with van der Waals surface area (Å²) in [6.07, 6.45) is 5.35. The Kier molecular flexibility index (Phi) is 7.87. The number of benzene rings is 1. The van der Waals surface area contributed by atoms with Gasteiger partial charge in [-0.2, -0.15) is 0 Å². The molecule has 4 heteroatoms. The van der Waals surface area contributed by atoms with Crippen molar-refractivity contribution in [2.24, 2.45) is 5.41 Å². The van der Waals surface area contributed by atoms with E-state index in [2.05, 4.69) is 33.9 Å². The van der Waals surface area contributed by atoms with Crippen LogP contribution in [0.25, 0.3) is 0 Å². The van der Waals surface area contributed by atoms with Crippen LogP contribution in [0.3, 0.4) is 0 Å². The molecule has 0 atom stereocenters. The Morgan fingerprint density at radius 3 is 2.08 bits per heavy atom. The van der Waals surface area contributed by atoms with Crippen LogP contribution in [-0.2, 0) is 10.8 Å². The van der Waals surface area contributed by atoms with Crippen molar-refractivity contribution in [3.63, 3.8) is 0 Å². The molecule has 0 aliphatic heterocycles. The van der Waals surface area contributed by atoms with Gasteiger partial charge in [-0.1, -0.05) is 63.3 Å². The number of allylic oxidation sites excluding steroid dienone is 1. The Morgan fingerprint density at radius 1 is 1.00 bits per heavy atom. The molecule has 3 nitrogen and oxygen atoms in total. The van der Waals surface area contributed by atoms with Crippen molar-refractivity contribution >= 4 is 8.32 Å². The van der Waals surface area contributed by atoms with Gasteiger partial charge in [-0.15, -0.1) is 0 Å². The minimum Gasteiger partial charge on any atom is -0.413 e. The summed E-state index contributed by atoms with van der Waals surface area (Å²) in [6.45, 7) is 11.7. The number of hydrogen-bond acceptors (Lipinski definition) is 3. The average molecular weight is 351 g/mol. The van der Waals surface area contributed by atoms with E-state index >= 15 is 0 Å². The summed E-state index contributed by atoms with van der Waals surface area (Å²) in [6, 6.07) is 10.0. The highest BCUT2D eigenvalue weighted by molar-refractivity contribution is 6.74. The summed E-state index contributed by atoms with van der Waals surface area (Å²) < 4.78 is 6.12. The third-order valence-electron chi connectivity index (χ3n) is 5.16. The van der Waals surface area contributed by atoms with E-state index in [1.165, 1.54) is 0 Å². The molecular weight excluding hydrogens is 316 g/mol. The van der Waals surface area contributed by atoms with Crippen molar-refractivity contribution in [1.29, 1.82) is 0 Å². The first kappa shape index (κ1) is 21.1. The van der Waals surface area contributed by atoms with Gasteiger partial charge in [-0.3, -0.25) is 0 Å². The van der Waals surface area contributed by atoms with E-state index in [9.17, 15) is 10.2 Å². The molecular formula is C20H34O3Si. The van der Waals surface area contributed by atoms with Crippen molar-refractivity contribution in [1.82, 2.24) is 0 Å². The van der Waals surface area contributed by atoms with E-state index in [0.29, 0.717) is 19.4 Å². The van der Waals surface area contributed by atoms with Crippen LogP contribution in [0.15, 0.2) is 42.5 Å². The second-order valence-electron chi connectivity index (χ2n) is 8.23. The maximum absolute atomic E-state index is 9.81. The zero-order valence-corrected chi connectivity index (χ0v) is 16.9. The topological polar surface area (TPSA) is 49.7 Å². The highest BCUT2D eigenvalue weighted by Gasteiger charge is 2.36. The maximum atomic E-state index is 9.81. The minimum absolute atomic E-state index is 0.0359. The molecule has 24 heavy (non-hydrogen) atoms. The largest absolute Gasteiger partial charge is 0.413 e. The Morgan fingerprint density at radius 2 is 1.58 bits per heavy atom. The molecule has 2 N–H and O–H groups in total. The number of aliphatic hydroxyl groups excluding tert-OH is 2. The van der Waals surface area contributed by atoms with Crippen LogP contribution in [0.1, 0.15) is 32.8 Å². The molecule has 0 aliphatic carbocycles. The van der Waals surface area contributed by atoms with E-state index in [1.807, 2.05) is 42.5 Å². The maximum Gasteiger partial charge on any atom is 0.192 e. The van der Waals surface area contributed by atoms with Crippen molar-refractivity contribution in [2.75, 3.05) is 19.8 Å². The second kappa shape index (κ2) is 8.95. The predicted molar refractivity (Wildman–Crippen MR) is 104 cm³/mol. The Balaban J connectivity index is 2.60. The summed E-state index contributed by atoms with van der Waals surface area (Å²) in [5.41, 5.74) is 0.612. The number of aliphatic hydroxyl groups is 2. The SMILES string of the molecule is CC(C)(C)[Si](C)(C)OC/C=C/CC(CO)(CO)Cc1ccccc1. The van der Waals surface area contributed by atoms with Gasteiger partial charge in [-0.05, 0) is 36.5 Å². The Bertz CT molecular complexity index is 499. The van der Waals surface area contributed by atoms with Gasteiger partial charge in [0.25, 0.3) is 0 Å². The third kappa shape index (κ3) is 6.17. The molecule has 0 aliphatic rings. The Labute approximate surface area is 148 Å². The van der Waals surface area contributed by atoms with Crippen molar-refractivity contribution in [3.05, 3.63) is 48.0 Å². The lowest BCUT2D eigenvalue weighted by molar-refractivity contribution is 0.0569. The fraction of sp³-hybridized carbons (Fsp3) is 0.600. The second-order valence-corrected chi connectivity index (χ2v) is 13.0. The van der Waals surface area contributed by atoms with Crippen LogP contribution in [0.2, 0.25) is 18.1 Å². The zero-order valence-electron chi connectivity index (χ0n) is 15.9. The summed E-state index contributed by atoms with van der Waals surface area (Å²) in [7, 11) is -1.73. The van der Waals surface area contributed by atoms with Crippen molar-refractivity contribution in [2.45, 2.75) is 51.7 Å². The lowest BCUT2D eigenvalue weighted by Crippen LogP contribution is -2.40. The van der Waals surface area contributed by atoms with Crippen molar-refractivity contribution < 1.29 is 14.6 Å². The van der Waals surface area contributed by atoms with Gasteiger partial charge < -0.3 is 14.6 Å². The van der Waals surface area contributed by atoms with Crippen LogP contribution in [0.5, 0.6) is 0 Å². The van der Waals surface area contributed by atoms with E-state index in [1.54, 1.807) is 0 Å². The molecule has 0 bridgehead atoms. The average Bonchev–Trinajstić information content (AvgIpc) is 2.53. The van der Waals surface area contributed by atoms with Gasteiger partial charge in [-0.25, -0.2) is 0 Å². The fourth-order valence-corrected chi connectivity index (χ4v) is 3.21. The van der Waals surface area contributed by atoms with E-state index in [4.69, 9.17) is 4.43 Å². The van der Waals surface area contributed by atoms with Gasteiger partial charge in [0.15, 0.2) is 8.32 Å². The summed E-state index contributed by atoms with van der Waals surface area (Å²) in [5.74, 6) is 0.